The van der Waals surface area contributed by atoms with E-state index in [1.165, 1.54) is 10.9 Å². The number of fused-ring (bicyclic) bond motifs is 1. The number of rotatable bonds is 4. The van der Waals surface area contributed by atoms with E-state index in [0.29, 0.717) is 5.92 Å². The molecule has 2 aromatic rings. The van der Waals surface area contributed by atoms with Crippen molar-refractivity contribution in [3.8, 4) is 0 Å². The molecule has 0 unspecified atom stereocenters. The van der Waals surface area contributed by atoms with Gasteiger partial charge < -0.3 is 10.6 Å². The Labute approximate surface area is 120 Å². The van der Waals surface area contributed by atoms with E-state index in [4.69, 9.17) is 0 Å². The minimum atomic E-state index is 0.593. The summed E-state index contributed by atoms with van der Waals surface area (Å²) in [7, 11) is 1.79. The lowest BCUT2D eigenvalue weighted by molar-refractivity contribution is 0.615. The van der Waals surface area contributed by atoms with E-state index in [2.05, 4.69) is 40.5 Å². The predicted molar refractivity (Wildman–Crippen MR) is 84.8 cm³/mol. The first-order valence-corrected chi connectivity index (χ1v) is 6.98. The molecule has 0 aliphatic rings. The molecule has 2 N–H and O–H groups in total. The van der Waals surface area contributed by atoms with Crippen molar-refractivity contribution in [2.24, 2.45) is 10.9 Å². The van der Waals surface area contributed by atoms with Crippen LogP contribution in [0.15, 0.2) is 41.5 Å². The highest BCUT2D eigenvalue weighted by atomic mass is 15.2. The fourth-order valence-electron chi connectivity index (χ4n) is 2.01. The zero-order chi connectivity index (χ0) is 14.4. The van der Waals surface area contributed by atoms with E-state index in [1.807, 2.05) is 30.5 Å². The lowest BCUT2D eigenvalue weighted by atomic mass is 10.1. The van der Waals surface area contributed by atoms with Crippen LogP contribution in [0.4, 0.5) is 0 Å². The largest absolute Gasteiger partial charge is 0.356 e. The number of nitrogens with one attached hydrogen (secondary N) is 2. The third-order valence-electron chi connectivity index (χ3n) is 3.09. The number of guanidine groups is 1. The van der Waals surface area contributed by atoms with Gasteiger partial charge in [0.1, 0.15) is 0 Å². The Morgan fingerprint density at radius 3 is 2.75 bits per heavy atom. The third-order valence-corrected chi connectivity index (χ3v) is 3.09. The van der Waals surface area contributed by atoms with Crippen molar-refractivity contribution in [1.82, 2.24) is 15.6 Å². The van der Waals surface area contributed by atoms with E-state index in [0.717, 1.165) is 24.6 Å². The molecule has 0 radical (unpaired) electrons. The van der Waals surface area contributed by atoms with Crippen molar-refractivity contribution < 1.29 is 0 Å². The summed E-state index contributed by atoms with van der Waals surface area (Å²) in [6.45, 7) is 6.00. The van der Waals surface area contributed by atoms with E-state index >= 15 is 0 Å². The van der Waals surface area contributed by atoms with E-state index in [-0.39, 0.29) is 0 Å². The third kappa shape index (κ3) is 3.70. The molecule has 0 fully saturated rings. The van der Waals surface area contributed by atoms with Gasteiger partial charge in [0.05, 0.1) is 5.52 Å². The Balaban J connectivity index is 2.05. The molecule has 4 heteroatoms. The number of para-hydroxylation sites is 1. The molecule has 106 valence electrons. The van der Waals surface area contributed by atoms with Crippen LogP contribution in [0.25, 0.3) is 10.9 Å². The van der Waals surface area contributed by atoms with Gasteiger partial charge in [-0.25, -0.2) is 0 Å². The average molecular weight is 270 g/mol. The highest BCUT2D eigenvalue weighted by molar-refractivity contribution is 5.83. The fourth-order valence-corrected chi connectivity index (χ4v) is 2.01. The predicted octanol–water partition coefficient (Wildman–Crippen LogP) is 2.56. The van der Waals surface area contributed by atoms with Crippen LogP contribution in [0.2, 0.25) is 0 Å². The molecule has 1 heterocycles. The first kappa shape index (κ1) is 14.3. The molecule has 0 bridgehead atoms. The van der Waals surface area contributed by atoms with Gasteiger partial charge >= 0.3 is 0 Å². The first-order chi connectivity index (χ1) is 9.70. The first-order valence-electron chi connectivity index (χ1n) is 6.98. The molecular formula is C16H22N4. The number of hydrogen-bond donors (Lipinski definition) is 2. The van der Waals surface area contributed by atoms with Crippen LogP contribution in [-0.2, 0) is 6.54 Å². The van der Waals surface area contributed by atoms with Crippen LogP contribution in [-0.4, -0.2) is 24.5 Å². The maximum atomic E-state index is 4.38. The fraction of sp³-hybridized carbons (Fsp3) is 0.375. The van der Waals surface area contributed by atoms with Crippen LogP contribution in [0.3, 0.4) is 0 Å². The summed E-state index contributed by atoms with van der Waals surface area (Å²) in [4.78, 5) is 8.61. The topological polar surface area (TPSA) is 49.3 Å². The molecule has 1 aromatic heterocycles. The minimum Gasteiger partial charge on any atom is -0.356 e. The van der Waals surface area contributed by atoms with Crippen molar-refractivity contribution in [1.29, 1.82) is 0 Å². The van der Waals surface area contributed by atoms with Crippen molar-refractivity contribution in [2.45, 2.75) is 20.4 Å². The SMILES string of the molecule is CN=C(NCc1ccnc2ccccc12)NCC(C)C. The Kier molecular flexibility index (Phi) is 4.93. The zero-order valence-corrected chi connectivity index (χ0v) is 12.4. The van der Waals surface area contributed by atoms with Crippen LogP contribution in [0, 0.1) is 5.92 Å². The standard InChI is InChI=1S/C16H22N4/c1-12(2)10-19-16(17-3)20-11-13-8-9-18-15-7-5-4-6-14(13)15/h4-9,12H,10-11H2,1-3H3,(H2,17,19,20). The van der Waals surface area contributed by atoms with Crippen LogP contribution < -0.4 is 10.6 Å². The van der Waals surface area contributed by atoms with Gasteiger partial charge in [-0.1, -0.05) is 32.0 Å². The number of benzene rings is 1. The molecular weight excluding hydrogens is 248 g/mol. The van der Waals surface area contributed by atoms with Gasteiger partial charge in [0.25, 0.3) is 0 Å². The molecule has 0 atom stereocenters. The maximum Gasteiger partial charge on any atom is 0.191 e. The second kappa shape index (κ2) is 6.89. The number of nitrogens with zero attached hydrogens (tertiary/aromatic N) is 2. The van der Waals surface area contributed by atoms with E-state index in [1.54, 1.807) is 7.05 Å². The highest BCUT2D eigenvalue weighted by Crippen LogP contribution is 2.15. The average Bonchev–Trinajstić information content (AvgIpc) is 2.47. The van der Waals surface area contributed by atoms with Gasteiger partial charge in [0, 0.05) is 31.7 Å². The number of pyridine rings is 1. The van der Waals surface area contributed by atoms with Gasteiger partial charge in [-0.05, 0) is 23.6 Å². The van der Waals surface area contributed by atoms with Gasteiger partial charge in [-0.15, -0.1) is 0 Å². The van der Waals surface area contributed by atoms with Gasteiger partial charge in [0.15, 0.2) is 5.96 Å². The second-order valence-electron chi connectivity index (χ2n) is 5.19. The summed E-state index contributed by atoms with van der Waals surface area (Å²) in [5.74, 6) is 1.43. The molecule has 0 aliphatic heterocycles. The summed E-state index contributed by atoms with van der Waals surface area (Å²) < 4.78 is 0. The molecule has 0 aliphatic carbocycles. The molecule has 0 spiro atoms. The van der Waals surface area contributed by atoms with Crippen molar-refractivity contribution >= 4 is 16.9 Å². The Hall–Kier alpha value is -2.10. The summed E-state index contributed by atoms with van der Waals surface area (Å²) in [6, 6.07) is 10.2. The summed E-state index contributed by atoms with van der Waals surface area (Å²) >= 11 is 0. The van der Waals surface area contributed by atoms with Gasteiger partial charge in [-0.2, -0.15) is 0 Å². The molecule has 2 rings (SSSR count). The number of hydrogen-bond acceptors (Lipinski definition) is 2. The normalized spacial score (nSPS) is 11.9. The van der Waals surface area contributed by atoms with Crippen LogP contribution in [0.1, 0.15) is 19.4 Å². The number of aliphatic imine (C=N–C) groups is 1. The summed E-state index contributed by atoms with van der Waals surface area (Å²) in [6.07, 6.45) is 1.85. The molecule has 0 saturated carbocycles. The number of aromatic nitrogens is 1. The van der Waals surface area contributed by atoms with Crippen LogP contribution in [0.5, 0.6) is 0 Å². The highest BCUT2D eigenvalue weighted by Gasteiger charge is 2.03. The lowest BCUT2D eigenvalue weighted by Gasteiger charge is -2.14. The monoisotopic (exact) mass is 270 g/mol. The van der Waals surface area contributed by atoms with E-state index in [9.17, 15) is 0 Å². The molecule has 0 saturated heterocycles. The van der Waals surface area contributed by atoms with Gasteiger partial charge in [-0.3, -0.25) is 9.98 Å². The van der Waals surface area contributed by atoms with Gasteiger partial charge in [0.2, 0.25) is 0 Å². The lowest BCUT2D eigenvalue weighted by Crippen LogP contribution is -2.38. The molecule has 0 amide bonds. The second-order valence-corrected chi connectivity index (χ2v) is 5.19. The van der Waals surface area contributed by atoms with Crippen molar-refractivity contribution in [2.75, 3.05) is 13.6 Å². The van der Waals surface area contributed by atoms with Crippen molar-refractivity contribution in [3.63, 3.8) is 0 Å². The quantitative estimate of drug-likeness (QED) is 0.663. The Morgan fingerprint density at radius 1 is 1.20 bits per heavy atom. The Morgan fingerprint density at radius 2 is 2.00 bits per heavy atom. The molecule has 20 heavy (non-hydrogen) atoms. The smallest absolute Gasteiger partial charge is 0.191 e. The molecule has 1 aromatic carbocycles. The minimum absolute atomic E-state index is 0.593. The van der Waals surface area contributed by atoms with Crippen molar-refractivity contribution in [3.05, 3.63) is 42.1 Å². The van der Waals surface area contributed by atoms with E-state index < -0.39 is 0 Å². The van der Waals surface area contributed by atoms with Crippen LogP contribution >= 0.6 is 0 Å². The summed E-state index contributed by atoms with van der Waals surface area (Å²) in [5.41, 5.74) is 2.25. The molecule has 4 nitrogen and oxygen atoms in total. The maximum absolute atomic E-state index is 4.38. The zero-order valence-electron chi connectivity index (χ0n) is 12.4. The summed E-state index contributed by atoms with van der Waals surface area (Å²) in [5, 5.41) is 7.84. The Bertz CT molecular complexity index is 585.